The first kappa shape index (κ1) is 12.4. The highest BCUT2D eigenvalue weighted by Crippen LogP contribution is 2.42. The van der Waals surface area contributed by atoms with Crippen LogP contribution < -0.4 is 5.73 Å². The highest BCUT2D eigenvalue weighted by atomic mass is 35.5. The molecule has 0 atom stereocenters. The number of benzene rings is 1. The number of aromatic nitrogens is 4. The van der Waals surface area contributed by atoms with Gasteiger partial charge in [-0.15, -0.1) is 5.10 Å². The van der Waals surface area contributed by atoms with Crippen LogP contribution in [-0.2, 0) is 6.54 Å². The van der Waals surface area contributed by atoms with Crippen LogP contribution in [0.1, 0.15) is 26.2 Å². The van der Waals surface area contributed by atoms with E-state index >= 15 is 0 Å². The van der Waals surface area contributed by atoms with E-state index in [1.54, 1.807) is 6.07 Å². The smallest absolute Gasteiger partial charge is 0.184 e. The number of nitrogen functional groups attached to an aromatic ring is 1. The molecule has 3 rings (SSSR count). The van der Waals surface area contributed by atoms with Crippen LogP contribution in [0.4, 0.5) is 5.69 Å². The van der Waals surface area contributed by atoms with Gasteiger partial charge in [0.1, 0.15) is 0 Å². The number of halogens is 1. The minimum absolute atomic E-state index is 0.303. The molecular formula is C13H16ClN5. The Morgan fingerprint density at radius 2 is 2.21 bits per heavy atom. The zero-order chi connectivity index (χ0) is 13.5. The van der Waals surface area contributed by atoms with Crippen LogP contribution >= 0.6 is 11.6 Å². The summed E-state index contributed by atoms with van der Waals surface area (Å²) < 4.78 is 1.83. The monoisotopic (exact) mass is 277 g/mol. The molecule has 0 saturated heterocycles. The van der Waals surface area contributed by atoms with Gasteiger partial charge >= 0.3 is 0 Å². The Morgan fingerprint density at radius 1 is 1.42 bits per heavy atom. The Labute approximate surface area is 116 Å². The summed E-state index contributed by atoms with van der Waals surface area (Å²) in [4.78, 5) is 0. The Balaban J connectivity index is 1.97. The molecule has 5 nitrogen and oxygen atoms in total. The first-order valence-electron chi connectivity index (χ1n) is 6.40. The van der Waals surface area contributed by atoms with E-state index in [2.05, 4.69) is 22.4 Å². The van der Waals surface area contributed by atoms with Crippen molar-refractivity contribution in [3.63, 3.8) is 0 Å². The molecule has 0 amide bonds. The van der Waals surface area contributed by atoms with Crippen LogP contribution in [0.15, 0.2) is 18.2 Å². The number of rotatable bonds is 3. The normalized spacial score (nSPS) is 17.2. The van der Waals surface area contributed by atoms with E-state index in [9.17, 15) is 0 Å². The van der Waals surface area contributed by atoms with Gasteiger partial charge in [0.25, 0.3) is 0 Å². The molecule has 0 aliphatic heterocycles. The molecule has 1 aromatic heterocycles. The van der Waals surface area contributed by atoms with Gasteiger partial charge in [0.15, 0.2) is 5.82 Å². The van der Waals surface area contributed by atoms with Crippen molar-refractivity contribution >= 4 is 17.3 Å². The topological polar surface area (TPSA) is 69.6 Å². The summed E-state index contributed by atoms with van der Waals surface area (Å²) >= 11 is 6.05. The Kier molecular flexibility index (Phi) is 2.93. The van der Waals surface area contributed by atoms with Crippen molar-refractivity contribution in [2.45, 2.75) is 32.7 Å². The molecule has 0 radical (unpaired) electrons. The number of anilines is 1. The standard InChI is InChI=1S/C13H16ClN5/c1-13(6-3-7-13)8-19-12(16-17-18-19)9-4-2-5-10(14)11(9)15/h2,4-5H,3,6-8,15H2,1H3. The second-order valence-corrected chi connectivity index (χ2v) is 5.93. The summed E-state index contributed by atoms with van der Waals surface area (Å²) in [6.45, 7) is 3.09. The fraction of sp³-hybridized carbons (Fsp3) is 0.462. The third-order valence-corrected chi connectivity index (χ3v) is 4.25. The highest BCUT2D eigenvalue weighted by molar-refractivity contribution is 6.33. The largest absolute Gasteiger partial charge is 0.397 e. The maximum Gasteiger partial charge on any atom is 0.184 e. The summed E-state index contributed by atoms with van der Waals surface area (Å²) in [5.41, 5.74) is 7.63. The van der Waals surface area contributed by atoms with Crippen LogP contribution in [0.2, 0.25) is 5.02 Å². The Bertz CT molecular complexity index is 603. The predicted octanol–water partition coefficient (Wildman–Crippen LogP) is 2.77. The summed E-state index contributed by atoms with van der Waals surface area (Å²) in [5, 5.41) is 12.5. The molecule has 1 aliphatic rings. The third kappa shape index (κ3) is 2.18. The van der Waals surface area contributed by atoms with Crippen LogP contribution in [0.25, 0.3) is 11.4 Å². The molecule has 1 fully saturated rings. The van der Waals surface area contributed by atoms with Gasteiger partial charge in [-0.2, -0.15) is 0 Å². The maximum atomic E-state index is 6.05. The van der Waals surface area contributed by atoms with E-state index in [0.29, 0.717) is 21.9 Å². The number of hydrogen-bond acceptors (Lipinski definition) is 4. The van der Waals surface area contributed by atoms with E-state index < -0.39 is 0 Å². The van der Waals surface area contributed by atoms with Crippen molar-refractivity contribution < 1.29 is 0 Å². The van der Waals surface area contributed by atoms with Gasteiger partial charge in [0, 0.05) is 5.56 Å². The van der Waals surface area contributed by atoms with Crippen molar-refractivity contribution in [2.75, 3.05) is 5.73 Å². The summed E-state index contributed by atoms with van der Waals surface area (Å²) in [6, 6.07) is 5.52. The Morgan fingerprint density at radius 3 is 2.89 bits per heavy atom. The molecule has 100 valence electrons. The molecule has 19 heavy (non-hydrogen) atoms. The van der Waals surface area contributed by atoms with E-state index in [1.165, 1.54) is 19.3 Å². The van der Waals surface area contributed by atoms with Gasteiger partial charge in [0.05, 0.1) is 17.3 Å². The molecule has 1 aliphatic carbocycles. The van der Waals surface area contributed by atoms with Crippen molar-refractivity contribution in [3.8, 4) is 11.4 Å². The molecule has 1 heterocycles. The van der Waals surface area contributed by atoms with Crippen molar-refractivity contribution in [1.29, 1.82) is 0 Å². The van der Waals surface area contributed by atoms with Crippen LogP contribution in [-0.4, -0.2) is 20.2 Å². The zero-order valence-corrected chi connectivity index (χ0v) is 11.6. The molecule has 0 unspecified atom stereocenters. The lowest BCUT2D eigenvalue weighted by Gasteiger charge is -2.38. The third-order valence-electron chi connectivity index (χ3n) is 3.92. The number of para-hydroxylation sites is 1. The number of tetrazole rings is 1. The van der Waals surface area contributed by atoms with Gasteiger partial charge in [-0.3, -0.25) is 0 Å². The van der Waals surface area contributed by atoms with E-state index in [-0.39, 0.29) is 0 Å². The maximum absolute atomic E-state index is 6.05. The SMILES string of the molecule is CC1(Cn2nnnc2-c2cccc(Cl)c2N)CCC1. The van der Waals surface area contributed by atoms with Crippen LogP contribution in [0.5, 0.6) is 0 Å². The lowest BCUT2D eigenvalue weighted by molar-refractivity contribution is 0.126. The van der Waals surface area contributed by atoms with Crippen molar-refractivity contribution in [2.24, 2.45) is 5.41 Å². The molecule has 1 saturated carbocycles. The second kappa shape index (κ2) is 4.49. The van der Waals surface area contributed by atoms with E-state index in [1.807, 2.05) is 16.8 Å². The molecule has 1 aromatic carbocycles. The average molecular weight is 278 g/mol. The first-order valence-corrected chi connectivity index (χ1v) is 6.77. The number of nitrogens with two attached hydrogens (primary N) is 1. The first-order chi connectivity index (χ1) is 9.09. The minimum atomic E-state index is 0.303. The van der Waals surface area contributed by atoms with Crippen LogP contribution in [0, 0.1) is 5.41 Å². The average Bonchev–Trinajstić information content (AvgIpc) is 2.79. The summed E-state index contributed by atoms with van der Waals surface area (Å²) in [6.07, 6.45) is 3.72. The highest BCUT2D eigenvalue weighted by Gasteiger charge is 2.33. The molecule has 0 bridgehead atoms. The molecule has 0 spiro atoms. The zero-order valence-electron chi connectivity index (χ0n) is 10.8. The lowest BCUT2D eigenvalue weighted by atomic mass is 9.70. The predicted molar refractivity (Wildman–Crippen MR) is 74.6 cm³/mol. The lowest BCUT2D eigenvalue weighted by Crippen LogP contribution is -2.31. The fourth-order valence-corrected chi connectivity index (χ4v) is 2.71. The Hall–Kier alpha value is -1.62. The molecule has 2 aromatic rings. The fourth-order valence-electron chi connectivity index (χ4n) is 2.54. The summed E-state index contributed by atoms with van der Waals surface area (Å²) in [5.74, 6) is 0.688. The van der Waals surface area contributed by atoms with Gasteiger partial charge in [-0.05, 0) is 40.8 Å². The van der Waals surface area contributed by atoms with Crippen molar-refractivity contribution in [1.82, 2.24) is 20.2 Å². The van der Waals surface area contributed by atoms with Crippen LogP contribution in [0.3, 0.4) is 0 Å². The van der Waals surface area contributed by atoms with Gasteiger partial charge in [0.2, 0.25) is 0 Å². The minimum Gasteiger partial charge on any atom is -0.397 e. The quantitative estimate of drug-likeness (QED) is 0.876. The second-order valence-electron chi connectivity index (χ2n) is 5.53. The molecule has 6 heteroatoms. The van der Waals surface area contributed by atoms with Gasteiger partial charge in [-0.25, -0.2) is 4.68 Å². The van der Waals surface area contributed by atoms with Gasteiger partial charge in [-0.1, -0.05) is 31.0 Å². The number of nitrogens with zero attached hydrogens (tertiary/aromatic N) is 4. The molecular weight excluding hydrogens is 262 g/mol. The number of hydrogen-bond donors (Lipinski definition) is 1. The summed E-state index contributed by atoms with van der Waals surface area (Å²) in [7, 11) is 0. The van der Waals surface area contributed by atoms with E-state index in [4.69, 9.17) is 17.3 Å². The van der Waals surface area contributed by atoms with Gasteiger partial charge < -0.3 is 5.73 Å². The van der Waals surface area contributed by atoms with E-state index in [0.717, 1.165) is 12.1 Å². The molecule has 2 N–H and O–H groups in total. The van der Waals surface area contributed by atoms with Crippen molar-refractivity contribution in [3.05, 3.63) is 23.2 Å².